The maximum absolute atomic E-state index is 4.20. The number of nitrogens with zero attached hydrogens (tertiary/aromatic N) is 3. The van der Waals surface area contributed by atoms with Gasteiger partial charge in [0.15, 0.2) is 0 Å². The molecule has 1 aliphatic rings. The van der Waals surface area contributed by atoms with Crippen LogP contribution in [0.1, 0.15) is 11.3 Å². The number of rotatable bonds is 3. The van der Waals surface area contributed by atoms with Crippen molar-refractivity contribution < 1.29 is 0 Å². The Morgan fingerprint density at radius 1 is 1.44 bits per heavy atom. The Balaban J connectivity index is 1.90. The number of halogens is 1. The lowest BCUT2D eigenvalue weighted by atomic mass is 9.72. The second-order valence-electron chi connectivity index (χ2n) is 4.95. The molecule has 0 aliphatic carbocycles. The van der Waals surface area contributed by atoms with Gasteiger partial charge in [-0.25, -0.2) is 0 Å². The zero-order chi connectivity index (χ0) is 12.6. The highest BCUT2D eigenvalue weighted by atomic mass is 79.9. The highest BCUT2D eigenvalue weighted by Gasteiger charge is 2.39. The number of benzene rings is 1. The van der Waals surface area contributed by atoms with Crippen LogP contribution >= 0.6 is 15.9 Å². The quantitative estimate of drug-likeness (QED) is 0.938. The Kier molecular flexibility index (Phi) is 2.95. The van der Waals surface area contributed by atoms with Gasteiger partial charge in [0.05, 0.1) is 5.69 Å². The van der Waals surface area contributed by atoms with E-state index in [1.165, 1.54) is 5.56 Å². The molecule has 5 heteroatoms. The van der Waals surface area contributed by atoms with Crippen LogP contribution in [0.4, 0.5) is 0 Å². The predicted octanol–water partition coefficient (Wildman–Crippen LogP) is 1.66. The molecule has 1 aromatic carbocycles. The van der Waals surface area contributed by atoms with Gasteiger partial charge in [0.25, 0.3) is 0 Å². The molecule has 0 bridgehead atoms. The third-order valence-electron chi connectivity index (χ3n) is 3.53. The normalized spacial score (nSPS) is 17.4. The lowest BCUT2D eigenvalue weighted by Gasteiger charge is -2.43. The molecular formula is C13H15BrN4. The summed E-state index contributed by atoms with van der Waals surface area (Å²) in [4.78, 5) is 0. The summed E-state index contributed by atoms with van der Waals surface area (Å²) in [6.45, 7) is 2.00. The number of aryl methyl sites for hydroxylation is 1. The van der Waals surface area contributed by atoms with E-state index in [1.807, 2.05) is 13.2 Å². The number of hydrogen-bond acceptors (Lipinski definition) is 3. The largest absolute Gasteiger partial charge is 0.315 e. The number of hydrogen-bond donors (Lipinski definition) is 1. The van der Waals surface area contributed by atoms with Crippen molar-refractivity contribution in [2.24, 2.45) is 7.05 Å². The minimum absolute atomic E-state index is 0.166. The summed E-state index contributed by atoms with van der Waals surface area (Å²) in [6.07, 6.45) is 2.93. The van der Waals surface area contributed by atoms with Crippen LogP contribution < -0.4 is 5.32 Å². The van der Waals surface area contributed by atoms with Gasteiger partial charge < -0.3 is 5.32 Å². The molecule has 0 spiro atoms. The van der Waals surface area contributed by atoms with E-state index >= 15 is 0 Å². The van der Waals surface area contributed by atoms with E-state index in [4.69, 9.17) is 0 Å². The molecule has 18 heavy (non-hydrogen) atoms. The van der Waals surface area contributed by atoms with E-state index in [-0.39, 0.29) is 5.41 Å². The average molecular weight is 307 g/mol. The molecular weight excluding hydrogens is 292 g/mol. The summed E-state index contributed by atoms with van der Waals surface area (Å²) < 4.78 is 2.89. The first-order chi connectivity index (χ1) is 8.68. The van der Waals surface area contributed by atoms with Crippen LogP contribution in [0.15, 0.2) is 34.9 Å². The van der Waals surface area contributed by atoms with Crippen molar-refractivity contribution in [2.45, 2.75) is 11.8 Å². The lowest BCUT2D eigenvalue weighted by molar-refractivity contribution is 0.272. The average Bonchev–Trinajstić information content (AvgIpc) is 2.69. The van der Waals surface area contributed by atoms with Crippen molar-refractivity contribution in [3.05, 3.63) is 46.2 Å². The molecule has 1 N–H and O–H groups in total. The minimum Gasteiger partial charge on any atom is -0.315 e. The first kappa shape index (κ1) is 11.9. The molecule has 3 rings (SSSR count). The van der Waals surface area contributed by atoms with E-state index in [0.717, 1.165) is 29.7 Å². The summed E-state index contributed by atoms with van der Waals surface area (Å²) >= 11 is 3.54. The van der Waals surface area contributed by atoms with Gasteiger partial charge in [-0.05, 0) is 17.7 Å². The van der Waals surface area contributed by atoms with Crippen molar-refractivity contribution in [3.8, 4) is 0 Å². The lowest BCUT2D eigenvalue weighted by Crippen LogP contribution is -2.58. The Bertz CT molecular complexity index is 560. The molecule has 1 aromatic heterocycles. The smallest absolute Gasteiger partial charge is 0.0836 e. The van der Waals surface area contributed by atoms with E-state index in [2.05, 4.69) is 55.8 Å². The summed E-state index contributed by atoms with van der Waals surface area (Å²) in [6, 6.07) is 8.56. The van der Waals surface area contributed by atoms with Crippen molar-refractivity contribution >= 4 is 15.9 Å². The molecule has 94 valence electrons. The van der Waals surface area contributed by atoms with E-state index in [9.17, 15) is 0 Å². The molecule has 0 atom stereocenters. The van der Waals surface area contributed by atoms with Crippen LogP contribution in [0, 0.1) is 0 Å². The zero-order valence-electron chi connectivity index (χ0n) is 10.2. The van der Waals surface area contributed by atoms with Crippen molar-refractivity contribution in [1.82, 2.24) is 20.3 Å². The minimum atomic E-state index is 0.166. The second-order valence-corrected chi connectivity index (χ2v) is 5.87. The van der Waals surface area contributed by atoms with Crippen LogP contribution in [0.3, 0.4) is 0 Å². The molecule has 2 aromatic rings. The van der Waals surface area contributed by atoms with Crippen molar-refractivity contribution in [2.75, 3.05) is 13.1 Å². The highest BCUT2D eigenvalue weighted by Crippen LogP contribution is 2.33. The molecule has 0 radical (unpaired) electrons. The van der Waals surface area contributed by atoms with Gasteiger partial charge in [0.1, 0.15) is 0 Å². The molecule has 0 amide bonds. The maximum atomic E-state index is 4.20. The molecule has 4 nitrogen and oxygen atoms in total. The Morgan fingerprint density at radius 2 is 2.28 bits per heavy atom. The third kappa shape index (κ3) is 2.08. The summed E-state index contributed by atoms with van der Waals surface area (Å²) in [7, 11) is 1.90. The SMILES string of the molecule is Cn1cc(CC2(c3cccc(Br)c3)CNC2)nn1. The summed E-state index contributed by atoms with van der Waals surface area (Å²) in [5, 5.41) is 11.6. The first-order valence-corrected chi connectivity index (χ1v) is 6.79. The molecule has 0 unspecified atom stereocenters. The highest BCUT2D eigenvalue weighted by molar-refractivity contribution is 9.10. The molecule has 1 fully saturated rings. The fourth-order valence-corrected chi connectivity index (χ4v) is 2.90. The van der Waals surface area contributed by atoms with Gasteiger partial charge >= 0.3 is 0 Å². The van der Waals surface area contributed by atoms with Gasteiger partial charge in [0.2, 0.25) is 0 Å². The van der Waals surface area contributed by atoms with Gasteiger partial charge in [-0.1, -0.05) is 33.3 Å². The van der Waals surface area contributed by atoms with Crippen LogP contribution in [0.2, 0.25) is 0 Å². The van der Waals surface area contributed by atoms with E-state index in [1.54, 1.807) is 4.68 Å². The monoisotopic (exact) mass is 306 g/mol. The summed E-state index contributed by atoms with van der Waals surface area (Å²) in [5.74, 6) is 0. The van der Waals surface area contributed by atoms with E-state index < -0.39 is 0 Å². The molecule has 1 saturated heterocycles. The number of aromatic nitrogens is 3. The Labute approximate surface area is 115 Å². The fraction of sp³-hybridized carbons (Fsp3) is 0.385. The van der Waals surface area contributed by atoms with Crippen LogP contribution in [-0.2, 0) is 18.9 Å². The molecule has 2 heterocycles. The van der Waals surface area contributed by atoms with Crippen LogP contribution in [0.5, 0.6) is 0 Å². The first-order valence-electron chi connectivity index (χ1n) is 6.00. The van der Waals surface area contributed by atoms with Gasteiger partial charge in [0, 0.05) is 42.6 Å². The van der Waals surface area contributed by atoms with Crippen LogP contribution in [-0.4, -0.2) is 28.1 Å². The maximum Gasteiger partial charge on any atom is 0.0836 e. The topological polar surface area (TPSA) is 42.7 Å². The van der Waals surface area contributed by atoms with Gasteiger partial charge in [-0.3, -0.25) is 4.68 Å². The third-order valence-corrected chi connectivity index (χ3v) is 4.03. The molecule has 1 aliphatic heterocycles. The second kappa shape index (κ2) is 4.48. The Hall–Kier alpha value is -1.20. The zero-order valence-corrected chi connectivity index (χ0v) is 11.8. The van der Waals surface area contributed by atoms with E-state index in [0.29, 0.717) is 0 Å². The standard InChI is InChI=1S/C13H15BrN4/c1-18-7-12(16-17-18)6-13(8-15-9-13)10-3-2-4-11(14)5-10/h2-5,7,15H,6,8-9H2,1H3. The van der Waals surface area contributed by atoms with Crippen molar-refractivity contribution in [3.63, 3.8) is 0 Å². The van der Waals surface area contributed by atoms with Gasteiger partial charge in [-0.2, -0.15) is 0 Å². The summed E-state index contributed by atoms with van der Waals surface area (Å²) in [5.41, 5.74) is 2.58. The fourth-order valence-electron chi connectivity index (χ4n) is 2.50. The predicted molar refractivity (Wildman–Crippen MR) is 73.4 cm³/mol. The Morgan fingerprint density at radius 3 is 2.83 bits per heavy atom. The van der Waals surface area contributed by atoms with Crippen molar-refractivity contribution in [1.29, 1.82) is 0 Å². The van der Waals surface area contributed by atoms with Gasteiger partial charge in [-0.15, -0.1) is 5.10 Å². The van der Waals surface area contributed by atoms with Crippen LogP contribution in [0.25, 0.3) is 0 Å². The number of nitrogens with one attached hydrogen (secondary N) is 1. The molecule has 0 saturated carbocycles.